The number of nitrogens with zero attached hydrogens (tertiary/aromatic N) is 2. The molecule has 0 amide bonds. The molecule has 2 aliphatic rings. The molecular weight excluding hydrogens is 234 g/mol. The maximum absolute atomic E-state index is 4.60. The van der Waals surface area contributed by atoms with Crippen molar-refractivity contribution in [1.82, 2.24) is 15.2 Å². The number of aryl methyl sites for hydroxylation is 1. The van der Waals surface area contributed by atoms with Crippen LogP contribution < -0.4 is 5.32 Å². The van der Waals surface area contributed by atoms with Crippen LogP contribution in [-0.4, -0.2) is 35.6 Å². The van der Waals surface area contributed by atoms with Crippen molar-refractivity contribution in [2.75, 3.05) is 19.6 Å². The van der Waals surface area contributed by atoms with Crippen LogP contribution in [-0.2, 0) is 6.54 Å². The summed E-state index contributed by atoms with van der Waals surface area (Å²) < 4.78 is 0. The molecule has 0 atom stereocenters. The number of hydrogen-bond donors (Lipinski definition) is 1. The van der Waals surface area contributed by atoms with Gasteiger partial charge in [0, 0.05) is 31.4 Å². The first-order valence-corrected chi connectivity index (χ1v) is 7.68. The van der Waals surface area contributed by atoms with E-state index in [2.05, 4.69) is 40.3 Å². The minimum Gasteiger partial charge on any atom is -0.314 e. The molecule has 0 unspecified atom stereocenters. The van der Waals surface area contributed by atoms with Gasteiger partial charge in [-0.05, 0) is 57.2 Å². The summed E-state index contributed by atoms with van der Waals surface area (Å²) in [5.74, 6) is 0.995. The van der Waals surface area contributed by atoms with E-state index in [1.165, 1.54) is 51.0 Å². The number of piperidine rings is 1. The standard InChI is InChI=1S/C16H25N3/c1-13-3-2-4-16(18-13)12-19-9-7-15(8-10-19)17-11-14-5-6-14/h2-4,14-15,17H,5-12H2,1H3. The summed E-state index contributed by atoms with van der Waals surface area (Å²) in [6, 6.07) is 7.08. The molecule has 0 radical (unpaired) electrons. The molecule has 3 rings (SSSR count). The topological polar surface area (TPSA) is 28.2 Å². The van der Waals surface area contributed by atoms with E-state index in [-0.39, 0.29) is 0 Å². The van der Waals surface area contributed by atoms with Crippen molar-refractivity contribution in [2.24, 2.45) is 5.92 Å². The Morgan fingerprint density at radius 3 is 2.68 bits per heavy atom. The van der Waals surface area contributed by atoms with Crippen LogP contribution in [0.4, 0.5) is 0 Å². The zero-order valence-corrected chi connectivity index (χ0v) is 11.9. The number of likely N-dealkylation sites (tertiary alicyclic amines) is 1. The number of nitrogens with one attached hydrogen (secondary N) is 1. The minimum absolute atomic E-state index is 0.752. The van der Waals surface area contributed by atoms with E-state index in [0.717, 1.165) is 24.2 Å². The lowest BCUT2D eigenvalue weighted by atomic mass is 10.0. The molecule has 0 spiro atoms. The first-order valence-electron chi connectivity index (χ1n) is 7.68. The lowest BCUT2D eigenvalue weighted by molar-refractivity contribution is 0.188. The number of aromatic nitrogens is 1. The summed E-state index contributed by atoms with van der Waals surface area (Å²) in [4.78, 5) is 7.14. The van der Waals surface area contributed by atoms with E-state index >= 15 is 0 Å². The van der Waals surface area contributed by atoms with Gasteiger partial charge in [-0.25, -0.2) is 0 Å². The molecule has 2 fully saturated rings. The minimum atomic E-state index is 0.752. The lowest BCUT2D eigenvalue weighted by Crippen LogP contribution is -2.42. The Bertz CT molecular complexity index is 406. The molecule has 3 heteroatoms. The Balaban J connectivity index is 1.42. The van der Waals surface area contributed by atoms with Gasteiger partial charge in [-0.2, -0.15) is 0 Å². The summed E-state index contributed by atoms with van der Waals surface area (Å²) in [5.41, 5.74) is 2.34. The monoisotopic (exact) mass is 259 g/mol. The third kappa shape index (κ3) is 4.02. The SMILES string of the molecule is Cc1cccc(CN2CCC(NCC3CC3)CC2)n1. The predicted octanol–water partition coefficient (Wildman–Crippen LogP) is 2.35. The Labute approximate surface area is 116 Å². The van der Waals surface area contributed by atoms with Crippen molar-refractivity contribution in [3.63, 3.8) is 0 Å². The summed E-state index contributed by atoms with van der Waals surface area (Å²) in [6.07, 6.45) is 5.48. The van der Waals surface area contributed by atoms with E-state index in [1.807, 2.05) is 0 Å². The first-order chi connectivity index (χ1) is 9.29. The Kier molecular flexibility index (Phi) is 4.14. The highest BCUT2D eigenvalue weighted by Gasteiger charge is 2.24. The van der Waals surface area contributed by atoms with Crippen molar-refractivity contribution >= 4 is 0 Å². The zero-order chi connectivity index (χ0) is 13.1. The fourth-order valence-electron chi connectivity index (χ4n) is 2.87. The smallest absolute Gasteiger partial charge is 0.0547 e. The van der Waals surface area contributed by atoms with E-state index < -0.39 is 0 Å². The Hall–Kier alpha value is -0.930. The summed E-state index contributed by atoms with van der Waals surface area (Å²) in [6.45, 7) is 6.74. The van der Waals surface area contributed by atoms with Crippen LogP contribution in [0.25, 0.3) is 0 Å². The van der Waals surface area contributed by atoms with Crippen molar-refractivity contribution in [2.45, 2.75) is 45.2 Å². The summed E-state index contributed by atoms with van der Waals surface area (Å²) in [7, 11) is 0. The van der Waals surface area contributed by atoms with Crippen LogP contribution in [0, 0.1) is 12.8 Å². The van der Waals surface area contributed by atoms with Gasteiger partial charge in [0.25, 0.3) is 0 Å². The van der Waals surface area contributed by atoms with Crippen LogP contribution in [0.1, 0.15) is 37.1 Å². The summed E-state index contributed by atoms with van der Waals surface area (Å²) in [5, 5.41) is 3.73. The average molecular weight is 259 g/mol. The number of rotatable bonds is 5. The molecule has 0 bridgehead atoms. The van der Waals surface area contributed by atoms with Gasteiger partial charge in [0.2, 0.25) is 0 Å². The van der Waals surface area contributed by atoms with Crippen LogP contribution in [0.15, 0.2) is 18.2 Å². The van der Waals surface area contributed by atoms with Crippen LogP contribution in [0.3, 0.4) is 0 Å². The molecule has 104 valence electrons. The van der Waals surface area contributed by atoms with E-state index in [9.17, 15) is 0 Å². The third-order valence-corrected chi connectivity index (χ3v) is 4.31. The van der Waals surface area contributed by atoms with Gasteiger partial charge in [-0.15, -0.1) is 0 Å². The molecule has 1 saturated heterocycles. The molecule has 1 aromatic heterocycles. The van der Waals surface area contributed by atoms with Crippen LogP contribution in [0.2, 0.25) is 0 Å². The number of pyridine rings is 1. The van der Waals surface area contributed by atoms with Crippen molar-refractivity contribution < 1.29 is 0 Å². The van der Waals surface area contributed by atoms with Gasteiger partial charge in [-0.1, -0.05) is 6.07 Å². The van der Waals surface area contributed by atoms with E-state index in [1.54, 1.807) is 0 Å². The second-order valence-electron chi connectivity index (χ2n) is 6.17. The molecule has 2 heterocycles. The van der Waals surface area contributed by atoms with Gasteiger partial charge in [0.15, 0.2) is 0 Å². The molecule has 1 aliphatic heterocycles. The van der Waals surface area contributed by atoms with Crippen LogP contribution in [0.5, 0.6) is 0 Å². The Morgan fingerprint density at radius 1 is 1.21 bits per heavy atom. The van der Waals surface area contributed by atoms with E-state index in [0.29, 0.717) is 0 Å². The third-order valence-electron chi connectivity index (χ3n) is 4.31. The maximum atomic E-state index is 4.60. The second-order valence-corrected chi connectivity index (χ2v) is 6.17. The molecule has 0 aromatic carbocycles. The molecule has 1 N–H and O–H groups in total. The highest BCUT2D eigenvalue weighted by Crippen LogP contribution is 2.28. The van der Waals surface area contributed by atoms with Gasteiger partial charge in [0.05, 0.1) is 5.69 Å². The van der Waals surface area contributed by atoms with Gasteiger partial charge >= 0.3 is 0 Å². The lowest BCUT2D eigenvalue weighted by Gasteiger charge is -2.32. The van der Waals surface area contributed by atoms with Gasteiger partial charge in [0.1, 0.15) is 0 Å². The maximum Gasteiger partial charge on any atom is 0.0547 e. The number of hydrogen-bond acceptors (Lipinski definition) is 3. The van der Waals surface area contributed by atoms with Crippen molar-refractivity contribution in [1.29, 1.82) is 0 Å². The molecule has 1 saturated carbocycles. The zero-order valence-electron chi connectivity index (χ0n) is 11.9. The van der Waals surface area contributed by atoms with Gasteiger partial charge < -0.3 is 5.32 Å². The fraction of sp³-hybridized carbons (Fsp3) is 0.688. The highest BCUT2D eigenvalue weighted by atomic mass is 15.1. The molecule has 1 aliphatic carbocycles. The summed E-state index contributed by atoms with van der Waals surface area (Å²) >= 11 is 0. The van der Waals surface area contributed by atoms with E-state index in [4.69, 9.17) is 0 Å². The van der Waals surface area contributed by atoms with Gasteiger partial charge in [-0.3, -0.25) is 9.88 Å². The van der Waals surface area contributed by atoms with Crippen molar-refractivity contribution in [3.8, 4) is 0 Å². The highest BCUT2D eigenvalue weighted by molar-refractivity contribution is 5.09. The fourth-order valence-corrected chi connectivity index (χ4v) is 2.87. The predicted molar refractivity (Wildman–Crippen MR) is 78.0 cm³/mol. The quantitative estimate of drug-likeness (QED) is 0.880. The van der Waals surface area contributed by atoms with Crippen molar-refractivity contribution in [3.05, 3.63) is 29.6 Å². The average Bonchev–Trinajstić information content (AvgIpc) is 3.22. The molecule has 19 heavy (non-hydrogen) atoms. The Morgan fingerprint density at radius 2 is 2.00 bits per heavy atom. The first kappa shape index (κ1) is 13.1. The van der Waals surface area contributed by atoms with Crippen LogP contribution >= 0.6 is 0 Å². The molecule has 1 aromatic rings. The molecular formula is C16H25N3. The molecule has 3 nitrogen and oxygen atoms in total. The normalized spacial score (nSPS) is 21.7. The largest absolute Gasteiger partial charge is 0.314 e. The second kappa shape index (κ2) is 6.02.